The van der Waals surface area contributed by atoms with Crippen LogP contribution in [0.5, 0.6) is 0 Å². The molecule has 5 heteroatoms. The van der Waals surface area contributed by atoms with Crippen LogP contribution in [0.15, 0.2) is 39.8 Å². The first-order chi connectivity index (χ1) is 6.96. The molecule has 0 aliphatic heterocycles. The van der Waals surface area contributed by atoms with Crippen molar-refractivity contribution in [1.82, 2.24) is 4.98 Å². The van der Waals surface area contributed by atoms with E-state index in [1.165, 1.54) is 3.40 Å². The van der Waals surface area contributed by atoms with Crippen LogP contribution in [0.2, 0.25) is 18.5 Å². The number of nitrogens with one attached hydrogen (secondary N) is 1. The van der Waals surface area contributed by atoms with Gasteiger partial charge in [0.25, 0.3) is 0 Å². The third kappa shape index (κ3) is 2.65. The second-order valence-electron chi connectivity index (χ2n) is 9.30. The molecule has 1 N–H and O–H groups in total. The van der Waals surface area contributed by atoms with Gasteiger partial charge in [0, 0.05) is 0 Å². The fourth-order valence-corrected chi connectivity index (χ4v) is 16.1. The first kappa shape index (κ1) is 18.4. The van der Waals surface area contributed by atoms with Crippen molar-refractivity contribution >= 4 is 35.1 Å². The predicted octanol–water partition coefficient (Wildman–Crippen LogP) is 3.83. The zero-order chi connectivity index (χ0) is 12.2. The predicted molar refractivity (Wildman–Crippen MR) is 88.8 cm³/mol. The number of aromatic nitrogens is 1. The average molecular weight is 386 g/mol. The molecule has 0 radical (unpaired) electrons. The fraction of sp³-hybridized carbons (Fsp3) is 0.385. The first-order valence-corrected chi connectivity index (χ1v) is 24.3. The molecule has 0 fully saturated rings. The van der Waals surface area contributed by atoms with Gasteiger partial charge < -0.3 is 0 Å². The number of halogens is 2. The summed E-state index contributed by atoms with van der Waals surface area (Å²) in [6.07, 6.45) is 10.00. The molecule has 1 nitrogen and oxygen atoms in total. The van der Waals surface area contributed by atoms with E-state index in [0.717, 1.165) is 6.42 Å². The molecule has 18 heavy (non-hydrogen) atoms. The second-order valence-corrected chi connectivity index (χ2v) is 67.0. The van der Waals surface area contributed by atoms with Crippen molar-refractivity contribution in [3.8, 4) is 0 Å². The van der Waals surface area contributed by atoms with Crippen molar-refractivity contribution in [3.05, 3.63) is 39.8 Å². The molecule has 1 aromatic heterocycles. The van der Waals surface area contributed by atoms with Crippen molar-refractivity contribution < 1.29 is 14.4 Å². The van der Waals surface area contributed by atoms with Gasteiger partial charge in [-0.2, -0.15) is 0 Å². The summed E-state index contributed by atoms with van der Waals surface area (Å²) in [7, 11) is 0. The summed E-state index contributed by atoms with van der Waals surface area (Å²) in [5, 5.41) is 0. The molecular formula is C13H25Cl2NSiZr. The normalized spacial score (nSPS) is 20.4. The Bertz CT molecular complexity index is 611. The molecule has 0 bridgehead atoms. The van der Waals surface area contributed by atoms with Crippen molar-refractivity contribution in [2.45, 2.75) is 24.9 Å². The Kier molecular flexibility index (Phi) is 3.84. The Morgan fingerprint density at radius 2 is 1.78 bits per heavy atom. The number of hydrogen-bond acceptors (Lipinski definition) is 0. The van der Waals surface area contributed by atoms with E-state index >= 15 is 0 Å². The van der Waals surface area contributed by atoms with Gasteiger partial charge in [-0.05, 0) is 0 Å². The van der Waals surface area contributed by atoms with Crippen LogP contribution in [-0.4, -0.2) is 11.9 Å². The van der Waals surface area contributed by atoms with Crippen molar-refractivity contribution in [1.29, 1.82) is 0 Å². The summed E-state index contributed by atoms with van der Waals surface area (Å²) >= 11 is -3.89. The van der Waals surface area contributed by atoms with E-state index < -0.39 is 14.4 Å². The zero-order valence-corrected chi connectivity index (χ0v) is 17.2. The molecule has 0 aromatic carbocycles. The molecule has 1 aromatic rings. The zero-order valence-electron chi connectivity index (χ0n) is 11.7. The molecule has 1 aliphatic rings. The number of hydrogen-bond donors (Lipinski definition) is 1. The quantitative estimate of drug-likeness (QED) is 0.745. The third-order valence-corrected chi connectivity index (χ3v) is 26.2. The molecule has 0 atom stereocenters. The first-order valence-electron chi connectivity index (χ1n) is 6.06. The van der Waals surface area contributed by atoms with Crippen LogP contribution in [0.3, 0.4) is 0 Å². The van der Waals surface area contributed by atoms with Crippen molar-refractivity contribution in [2.24, 2.45) is 0 Å². The molecule has 0 unspecified atom stereocenters. The van der Waals surface area contributed by atoms with E-state index in [1.54, 1.807) is 3.28 Å². The number of aromatic amines is 1. The molecule has 0 saturated heterocycles. The van der Waals surface area contributed by atoms with E-state index in [4.69, 9.17) is 0 Å². The van der Waals surface area contributed by atoms with Gasteiger partial charge in [0.2, 0.25) is 0 Å². The van der Waals surface area contributed by atoms with Gasteiger partial charge in [-0.25, -0.2) is 0 Å². The molecular weight excluding hydrogens is 360 g/mol. The topological polar surface area (TPSA) is 15.8 Å². The van der Waals surface area contributed by atoms with Crippen LogP contribution < -0.4 is 3.40 Å². The summed E-state index contributed by atoms with van der Waals surface area (Å²) in [6.45, 7) is 2.26. The average Bonchev–Trinajstić information content (AvgIpc) is 2.76. The Labute approximate surface area is 118 Å². The second kappa shape index (κ2) is 3.75. The minimum absolute atomic E-state index is 0. The summed E-state index contributed by atoms with van der Waals surface area (Å²) in [4.78, 5) is 3.50. The van der Waals surface area contributed by atoms with Crippen LogP contribution in [0, 0.1) is 0 Å². The van der Waals surface area contributed by atoms with E-state index in [9.17, 15) is 0 Å². The van der Waals surface area contributed by atoms with Crippen LogP contribution >= 0.6 is 24.8 Å². The van der Waals surface area contributed by atoms with Gasteiger partial charge >= 0.3 is 94.5 Å². The molecule has 2 rings (SSSR count). The summed E-state index contributed by atoms with van der Waals surface area (Å²) in [5.41, 5.74) is 0. The van der Waals surface area contributed by atoms with E-state index in [0.29, 0.717) is 0 Å². The van der Waals surface area contributed by atoms with Gasteiger partial charge in [0.1, 0.15) is 0 Å². The molecule has 0 spiro atoms. The fourth-order valence-electron chi connectivity index (χ4n) is 2.73. The Balaban J connectivity index is 0.00000144. The van der Waals surface area contributed by atoms with E-state index in [-0.39, 0.29) is 24.8 Å². The number of allylic oxidation sites excluding steroid dienone is 4. The molecule has 0 saturated carbocycles. The van der Waals surface area contributed by atoms with Crippen molar-refractivity contribution in [2.75, 3.05) is 0 Å². The standard InChI is InChI=1S/C5H5.C4H4N.4CH3.2ClH.H2Si.Zr/c2*1-2-4-5-3-1;;;;;;;;/h1-3H,4H2;1-3,5H;4*1H3;2*1H;1H2;. The maximum absolute atomic E-state index is 3.89. The van der Waals surface area contributed by atoms with E-state index in [1.807, 2.05) is 0 Å². The van der Waals surface area contributed by atoms with Crippen LogP contribution in [0.4, 0.5) is 0 Å². The molecule has 1 aliphatic carbocycles. The summed E-state index contributed by atoms with van der Waals surface area (Å²) in [5.74, 6) is 0. The van der Waals surface area contributed by atoms with Crippen LogP contribution in [-0.2, 0) is 14.4 Å². The Morgan fingerprint density at radius 1 is 1.17 bits per heavy atom. The summed E-state index contributed by atoms with van der Waals surface area (Å²) in [6, 6.07) is 4.40. The maximum atomic E-state index is 3.50. The molecule has 104 valence electrons. The van der Waals surface area contributed by atoms with E-state index in [2.05, 4.69) is 66.9 Å². The van der Waals surface area contributed by atoms with Crippen LogP contribution in [0.25, 0.3) is 0 Å². The number of H-pyrrole nitrogens is 1. The van der Waals surface area contributed by atoms with Gasteiger partial charge in [0.05, 0.1) is 0 Å². The van der Waals surface area contributed by atoms with Gasteiger partial charge in [0.15, 0.2) is 0 Å². The molecule has 1 heterocycles. The van der Waals surface area contributed by atoms with Gasteiger partial charge in [-0.3, -0.25) is 0 Å². The Hall–Kier alpha value is 0.440. The minimum atomic E-state index is -3.89. The van der Waals surface area contributed by atoms with Gasteiger partial charge in [-0.1, -0.05) is 0 Å². The summed E-state index contributed by atoms with van der Waals surface area (Å²) < 4.78 is 13.2. The SMILES string of the molecule is Cl.Cl.[CH3][Zr]([CH3])([CH3])([CH3])(=[SiH2])([C]1=CC=CC1)[c]1ccc[nH]1. The monoisotopic (exact) mass is 383 g/mol. The number of rotatable bonds is 2. The van der Waals surface area contributed by atoms with Gasteiger partial charge in [-0.15, -0.1) is 24.8 Å². The van der Waals surface area contributed by atoms with Crippen molar-refractivity contribution in [3.63, 3.8) is 0 Å². The third-order valence-electron chi connectivity index (χ3n) is 4.44. The van der Waals surface area contributed by atoms with Crippen LogP contribution in [0.1, 0.15) is 6.42 Å². The molecule has 0 amide bonds. The Morgan fingerprint density at radius 3 is 2.17 bits per heavy atom.